The molecule has 0 radical (unpaired) electrons. The molecular weight excluding hydrogens is 347 g/mol. The Hall–Kier alpha value is -3.15. The zero-order valence-corrected chi connectivity index (χ0v) is 14.6. The van der Waals surface area contributed by atoms with Gasteiger partial charge in [-0.1, -0.05) is 48.5 Å². The van der Waals surface area contributed by atoms with Crippen LogP contribution >= 0.6 is 0 Å². The maximum absolute atomic E-state index is 14.1. The maximum atomic E-state index is 14.1. The lowest BCUT2D eigenvalue weighted by Crippen LogP contribution is -2.40. The van der Waals surface area contributed by atoms with Crippen LogP contribution in [-0.2, 0) is 11.3 Å². The summed E-state index contributed by atoms with van der Waals surface area (Å²) in [6.45, 7) is -0.0481. The van der Waals surface area contributed by atoms with Crippen molar-refractivity contribution in [3.05, 3.63) is 71.9 Å². The van der Waals surface area contributed by atoms with Crippen LogP contribution in [0, 0.1) is 0 Å². The highest BCUT2D eigenvalue weighted by Crippen LogP contribution is 2.27. The zero-order valence-electron chi connectivity index (χ0n) is 14.6. The zero-order chi connectivity index (χ0) is 18.8. The third kappa shape index (κ3) is 3.43. The van der Waals surface area contributed by atoms with Crippen LogP contribution < -0.4 is 0 Å². The number of alkyl halides is 1. The number of hydrogen-bond acceptors (Lipinski definition) is 3. The van der Waals surface area contributed by atoms with E-state index in [1.807, 2.05) is 54.6 Å². The van der Waals surface area contributed by atoms with E-state index >= 15 is 0 Å². The second-order valence-corrected chi connectivity index (χ2v) is 6.65. The van der Waals surface area contributed by atoms with Crippen molar-refractivity contribution in [2.24, 2.45) is 0 Å². The molecule has 1 N–H and O–H groups in total. The average molecular weight is 366 g/mol. The Morgan fingerprint density at radius 3 is 2.67 bits per heavy atom. The number of ketones is 1. The smallest absolute Gasteiger partial charge is 0.410 e. The van der Waals surface area contributed by atoms with Gasteiger partial charge in [0, 0.05) is 29.1 Å². The van der Waals surface area contributed by atoms with Crippen molar-refractivity contribution >= 4 is 22.8 Å². The third-order valence-corrected chi connectivity index (χ3v) is 4.85. The van der Waals surface area contributed by atoms with E-state index in [4.69, 9.17) is 4.74 Å². The largest absolute Gasteiger partial charge is 0.445 e. The molecule has 1 aromatic heterocycles. The Morgan fingerprint density at radius 1 is 1.11 bits per heavy atom. The molecule has 0 bridgehead atoms. The van der Waals surface area contributed by atoms with E-state index in [0.717, 1.165) is 16.5 Å². The molecule has 0 saturated carbocycles. The minimum absolute atomic E-state index is 0.0151. The van der Waals surface area contributed by atoms with Crippen LogP contribution in [0.25, 0.3) is 10.9 Å². The minimum Gasteiger partial charge on any atom is -0.445 e. The van der Waals surface area contributed by atoms with Crippen molar-refractivity contribution in [3.63, 3.8) is 0 Å². The number of fused-ring (bicyclic) bond motifs is 1. The number of para-hydroxylation sites is 1. The fraction of sp³-hybridized carbons (Fsp3) is 0.238. The number of rotatable bonds is 4. The number of nitrogens with one attached hydrogen (secondary N) is 1. The van der Waals surface area contributed by atoms with Crippen LogP contribution in [0.2, 0.25) is 0 Å². The van der Waals surface area contributed by atoms with Gasteiger partial charge in [-0.15, -0.1) is 0 Å². The van der Waals surface area contributed by atoms with E-state index in [0.29, 0.717) is 5.56 Å². The van der Waals surface area contributed by atoms with Crippen LogP contribution in [0.3, 0.4) is 0 Å². The molecule has 138 valence electrons. The molecule has 2 heterocycles. The highest BCUT2D eigenvalue weighted by atomic mass is 19.1. The van der Waals surface area contributed by atoms with Crippen LogP contribution in [0.5, 0.6) is 0 Å². The number of benzene rings is 2. The molecule has 1 saturated heterocycles. The van der Waals surface area contributed by atoms with Gasteiger partial charge < -0.3 is 9.72 Å². The van der Waals surface area contributed by atoms with Crippen LogP contribution in [0.15, 0.2) is 60.8 Å². The maximum Gasteiger partial charge on any atom is 0.410 e. The summed E-state index contributed by atoms with van der Waals surface area (Å²) in [6.07, 6.45) is -0.309. The molecule has 3 aromatic rings. The number of carbonyl (C=O) groups excluding carboxylic acids is 2. The van der Waals surface area contributed by atoms with Crippen molar-refractivity contribution in [2.45, 2.75) is 25.2 Å². The van der Waals surface area contributed by atoms with Crippen molar-refractivity contribution < 1.29 is 18.7 Å². The predicted molar refractivity (Wildman–Crippen MR) is 99.3 cm³/mol. The number of aromatic nitrogens is 1. The first-order chi connectivity index (χ1) is 13.1. The fourth-order valence-corrected chi connectivity index (χ4v) is 3.49. The van der Waals surface area contributed by atoms with Gasteiger partial charge in [0.1, 0.15) is 18.8 Å². The summed E-state index contributed by atoms with van der Waals surface area (Å²) in [5, 5.41) is 0.766. The normalized spacial score (nSPS) is 19.4. The van der Waals surface area contributed by atoms with E-state index in [1.165, 1.54) is 4.90 Å². The molecule has 0 spiro atoms. The number of likely N-dealkylation sites (tertiary alicyclic amines) is 1. The number of aromatic amines is 1. The summed E-state index contributed by atoms with van der Waals surface area (Å²) in [6, 6.07) is 15.8. The van der Waals surface area contributed by atoms with Crippen molar-refractivity contribution in [1.29, 1.82) is 0 Å². The molecule has 4 rings (SSSR count). The standard InChI is InChI=1S/C21H19FN2O3/c22-15-10-19(20(25)17-11-23-18-9-5-4-8-16(17)18)24(12-15)21(26)27-13-14-6-2-1-3-7-14/h1-9,11,15,19,23H,10,12-13H2/t15-,19-/m0/s1. The SMILES string of the molecule is O=C(c1c[nH]c2ccccc12)[C@@H]1C[C@H](F)CN1C(=O)OCc1ccccc1. The van der Waals surface area contributed by atoms with E-state index in [2.05, 4.69) is 4.98 Å². The summed E-state index contributed by atoms with van der Waals surface area (Å²) in [5.41, 5.74) is 2.13. The van der Waals surface area contributed by atoms with E-state index in [-0.39, 0.29) is 25.4 Å². The lowest BCUT2D eigenvalue weighted by molar-refractivity contribution is 0.0736. The average Bonchev–Trinajstić information content (AvgIpc) is 3.30. The second kappa shape index (κ2) is 7.23. The Balaban J connectivity index is 1.52. The van der Waals surface area contributed by atoms with Crippen molar-refractivity contribution in [3.8, 4) is 0 Å². The lowest BCUT2D eigenvalue weighted by Gasteiger charge is -2.22. The Kier molecular flexibility index (Phi) is 4.62. The molecule has 2 aromatic carbocycles. The number of carbonyl (C=O) groups is 2. The molecule has 1 aliphatic heterocycles. The molecule has 1 aliphatic rings. The number of amides is 1. The summed E-state index contributed by atoms with van der Waals surface area (Å²) < 4.78 is 19.4. The van der Waals surface area contributed by atoms with Crippen LogP contribution in [0.1, 0.15) is 22.3 Å². The summed E-state index contributed by atoms with van der Waals surface area (Å²) in [5.74, 6) is -0.274. The first kappa shape index (κ1) is 17.3. The summed E-state index contributed by atoms with van der Waals surface area (Å²) in [7, 11) is 0. The second-order valence-electron chi connectivity index (χ2n) is 6.65. The first-order valence-electron chi connectivity index (χ1n) is 8.85. The summed E-state index contributed by atoms with van der Waals surface area (Å²) >= 11 is 0. The Labute approximate surface area is 155 Å². The highest BCUT2D eigenvalue weighted by molar-refractivity contribution is 6.11. The molecule has 1 fully saturated rings. The molecule has 2 atom stereocenters. The minimum atomic E-state index is -1.24. The monoisotopic (exact) mass is 366 g/mol. The number of ether oxygens (including phenoxy) is 1. The predicted octanol–water partition coefficient (Wildman–Crippen LogP) is 4.10. The summed E-state index contributed by atoms with van der Waals surface area (Å²) in [4.78, 5) is 29.8. The van der Waals surface area contributed by atoms with Gasteiger partial charge in [0.25, 0.3) is 0 Å². The van der Waals surface area contributed by atoms with E-state index in [1.54, 1.807) is 6.20 Å². The Morgan fingerprint density at radius 2 is 1.85 bits per heavy atom. The molecule has 0 aliphatic carbocycles. The number of nitrogens with zero attached hydrogens (tertiary/aromatic N) is 1. The number of hydrogen-bond donors (Lipinski definition) is 1. The topological polar surface area (TPSA) is 62.4 Å². The number of H-pyrrole nitrogens is 1. The number of Topliss-reactive ketones (excluding diaryl/α,β-unsaturated/α-hetero) is 1. The molecule has 1 amide bonds. The van der Waals surface area contributed by atoms with Gasteiger partial charge in [0.2, 0.25) is 0 Å². The van der Waals surface area contributed by atoms with Crippen LogP contribution in [0.4, 0.5) is 9.18 Å². The van der Waals surface area contributed by atoms with Crippen molar-refractivity contribution in [2.75, 3.05) is 6.54 Å². The van der Waals surface area contributed by atoms with Crippen molar-refractivity contribution in [1.82, 2.24) is 9.88 Å². The van der Waals surface area contributed by atoms with Gasteiger partial charge in [-0.3, -0.25) is 9.69 Å². The van der Waals surface area contributed by atoms with Gasteiger partial charge in [-0.2, -0.15) is 0 Å². The van der Waals surface area contributed by atoms with Gasteiger partial charge in [-0.05, 0) is 11.6 Å². The Bertz CT molecular complexity index is 970. The van der Waals surface area contributed by atoms with E-state index < -0.39 is 18.3 Å². The quantitative estimate of drug-likeness (QED) is 0.707. The van der Waals surface area contributed by atoms with E-state index in [9.17, 15) is 14.0 Å². The molecule has 6 heteroatoms. The highest BCUT2D eigenvalue weighted by Gasteiger charge is 2.41. The molecule has 0 unspecified atom stereocenters. The molecule has 27 heavy (non-hydrogen) atoms. The van der Waals surface area contributed by atoms with Gasteiger partial charge in [-0.25, -0.2) is 9.18 Å². The van der Waals surface area contributed by atoms with Crippen LogP contribution in [-0.4, -0.2) is 40.5 Å². The van der Waals surface area contributed by atoms with Gasteiger partial charge in [0.15, 0.2) is 5.78 Å². The lowest BCUT2D eigenvalue weighted by atomic mass is 10.0. The first-order valence-corrected chi connectivity index (χ1v) is 8.85. The molecule has 5 nitrogen and oxygen atoms in total. The van der Waals surface area contributed by atoms with Gasteiger partial charge >= 0.3 is 6.09 Å². The van der Waals surface area contributed by atoms with Gasteiger partial charge in [0.05, 0.1) is 6.54 Å². The molecular formula is C21H19FN2O3. The fourth-order valence-electron chi connectivity index (χ4n) is 3.49. The number of halogens is 1. The third-order valence-electron chi connectivity index (χ3n) is 4.85.